The van der Waals surface area contributed by atoms with Crippen LogP contribution in [0.3, 0.4) is 0 Å². The van der Waals surface area contributed by atoms with Crippen LogP contribution >= 0.6 is 38.9 Å². The van der Waals surface area contributed by atoms with Crippen molar-refractivity contribution in [3.8, 4) is 6.07 Å². The second-order valence-corrected chi connectivity index (χ2v) is 9.59. The normalized spacial score (nSPS) is 16.1. The molecule has 0 radical (unpaired) electrons. The Labute approximate surface area is 156 Å². The largest absolute Gasteiger partial charge is 0.352 e. The fourth-order valence-corrected chi connectivity index (χ4v) is 6.24. The van der Waals surface area contributed by atoms with Crippen LogP contribution in [-0.2, 0) is 10.0 Å². The highest BCUT2D eigenvalue weighted by Gasteiger charge is 2.31. The molecule has 24 heavy (non-hydrogen) atoms. The number of rotatable bonds is 3. The molecule has 1 saturated heterocycles. The maximum Gasteiger partial charge on any atom is 0.252 e. The van der Waals surface area contributed by atoms with Gasteiger partial charge < -0.3 is 4.90 Å². The molecule has 2 aromatic rings. The SMILES string of the molecule is N#Cc1nccnc1N1CCN(S(=O)(=O)c2cc(Br)c(Cl)s2)CC1. The van der Waals surface area contributed by atoms with Crippen molar-refractivity contribution in [2.24, 2.45) is 0 Å². The zero-order chi connectivity index (χ0) is 17.3. The molecule has 7 nitrogen and oxygen atoms in total. The molecule has 3 heterocycles. The Kier molecular flexibility index (Phi) is 5.08. The van der Waals surface area contributed by atoms with Gasteiger partial charge >= 0.3 is 0 Å². The lowest BCUT2D eigenvalue weighted by Gasteiger charge is -2.34. The molecule has 0 aromatic carbocycles. The standard InChI is InChI=1S/C13H11BrClN5O2S2/c14-9-7-11(23-12(9)15)24(21,22)20-5-3-19(4-6-20)13-10(8-16)17-1-2-18-13/h1-2,7H,3-6H2. The quantitative estimate of drug-likeness (QED) is 0.716. The maximum atomic E-state index is 12.7. The number of sulfonamides is 1. The first-order chi connectivity index (χ1) is 11.4. The molecular weight excluding hydrogens is 438 g/mol. The van der Waals surface area contributed by atoms with Crippen molar-refractivity contribution in [1.82, 2.24) is 14.3 Å². The average molecular weight is 449 g/mol. The van der Waals surface area contributed by atoms with E-state index in [1.54, 1.807) is 0 Å². The monoisotopic (exact) mass is 447 g/mol. The number of hydrogen-bond donors (Lipinski definition) is 0. The van der Waals surface area contributed by atoms with Gasteiger partial charge in [-0.15, -0.1) is 11.3 Å². The predicted octanol–water partition coefficient (Wildman–Crippen LogP) is 2.34. The van der Waals surface area contributed by atoms with Crippen LogP contribution in [0.15, 0.2) is 27.1 Å². The summed E-state index contributed by atoms with van der Waals surface area (Å²) in [5.41, 5.74) is 0.239. The van der Waals surface area contributed by atoms with Gasteiger partial charge in [-0.3, -0.25) is 0 Å². The number of thiophene rings is 1. The van der Waals surface area contributed by atoms with E-state index < -0.39 is 10.0 Å². The number of piperazine rings is 1. The highest BCUT2D eigenvalue weighted by atomic mass is 79.9. The summed E-state index contributed by atoms with van der Waals surface area (Å²) >= 11 is 10.2. The van der Waals surface area contributed by atoms with E-state index in [1.807, 2.05) is 11.0 Å². The number of halogens is 2. The van der Waals surface area contributed by atoms with Crippen LogP contribution in [0.25, 0.3) is 0 Å². The smallest absolute Gasteiger partial charge is 0.252 e. The van der Waals surface area contributed by atoms with Gasteiger partial charge in [-0.05, 0) is 22.0 Å². The number of aromatic nitrogens is 2. The highest BCUT2D eigenvalue weighted by Crippen LogP contribution is 2.36. The summed E-state index contributed by atoms with van der Waals surface area (Å²) in [5, 5.41) is 9.11. The first-order valence-electron chi connectivity index (χ1n) is 6.84. The molecule has 0 unspecified atom stereocenters. The first kappa shape index (κ1) is 17.6. The summed E-state index contributed by atoms with van der Waals surface area (Å²) < 4.78 is 28.0. The van der Waals surface area contributed by atoms with Crippen LogP contribution in [0.4, 0.5) is 5.82 Å². The molecule has 1 aliphatic rings. The molecule has 2 aromatic heterocycles. The Morgan fingerprint density at radius 3 is 2.50 bits per heavy atom. The molecule has 0 N–H and O–H groups in total. The van der Waals surface area contributed by atoms with Gasteiger partial charge in [0, 0.05) is 43.0 Å². The summed E-state index contributed by atoms with van der Waals surface area (Å²) in [4.78, 5) is 10.0. The number of anilines is 1. The molecule has 0 amide bonds. The zero-order valence-corrected chi connectivity index (χ0v) is 16.2. The van der Waals surface area contributed by atoms with Crippen molar-refractivity contribution >= 4 is 54.7 Å². The third-order valence-electron chi connectivity index (χ3n) is 3.54. The Morgan fingerprint density at radius 1 is 1.25 bits per heavy atom. The Hall–Kier alpha value is -1.25. The van der Waals surface area contributed by atoms with E-state index in [2.05, 4.69) is 25.9 Å². The van der Waals surface area contributed by atoms with Crippen molar-refractivity contribution in [3.05, 3.63) is 33.0 Å². The predicted molar refractivity (Wildman–Crippen MR) is 94.7 cm³/mol. The van der Waals surface area contributed by atoms with Crippen LogP contribution < -0.4 is 4.90 Å². The van der Waals surface area contributed by atoms with Crippen LogP contribution in [0, 0.1) is 11.3 Å². The molecule has 0 atom stereocenters. The van der Waals surface area contributed by atoms with E-state index in [9.17, 15) is 8.42 Å². The molecule has 126 valence electrons. The molecule has 3 rings (SSSR count). The number of hydrogen-bond acceptors (Lipinski definition) is 7. The summed E-state index contributed by atoms with van der Waals surface area (Å²) in [6, 6.07) is 3.52. The van der Waals surface area contributed by atoms with Crippen molar-refractivity contribution in [2.45, 2.75) is 4.21 Å². The fraction of sp³-hybridized carbons (Fsp3) is 0.308. The van der Waals surface area contributed by atoms with E-state index in [1.165, 1.54) is 22.8 Å². The summed E-state index contributed by atoms with van der Waals surface area (Å²) in [7, 11) is -3.58. The molecule has 0 saturated carbocycles. The van der Waals surface area contributed by atoms with Gasteiger partial charge in [0.15, 0.2) is 11.5 Å². The number of nitrogens with zero attached hydrogens (tertiary/aromatic N) is 5. The lowest BCUT2D eigenvalue weighted by atomic mass is 10.3. The minimum atomic E-state index is -3.58. The van der Waals surface area contributed by atoms with Crippen LogP contribution in [-0.4, -0.2) is 48.9 Å². The molecule has 0 aliphatic carbocycles. The average Bonchev–Trinajstić information content (AvgIpc) is 2.95. The molecule has 0 spiro atoms. The van der Waals surface area contributed by atoms with Crippen molar-refractivity contribution in [2.75, 3.05) is 31.1 Å². The van der Waals surface area contributed by atoms with Gasteiger partial charge in [-0.25, -0.2) is 18.4 Å². The lowest BCUT2D eigenvalue weighted by molar-refractivity contribution is 0.384. The van der Waals surface area contributed by atoms with E-state index in [0.717, 1.165) is 11.3 Å². The molecule has 1 fully saturated rings. The fourth-order valence-electron chi connectivity index (χ4n) is 2.36. The van der Waals surface area contributed by atoms with E-state index in [-0.39, 0.29) is 9.90 Å². The van der Waals surface area contributed by atoms with Gasteiger partial charge in [-0.1, -0.05) is 11.6 Å². The summed E-state index contributed by atoms with van der Waals surface area (Å²) in [6.45, 7) is 1.48. The summed E-state index contributed by atoms with van der Waals surface area (Å²) in [5.74, 6) is 0.485. The Morgan fingerprint density at radius 2 is 1.92 bits per heavy atom. The Balaban J connectivity index is 1.76. The van der Waals surface area contributed by atoms with Gasteiger partial charge in [0.05, 0.1) is 0 Å². The van der Waals surface area contributed by atoms with Gasteiger partial charge in [0.2, 0.25) is 0 Å². The van der Waals surface area contributed by atoms with Gasteiger partial charge in [0.25, 0.3) is 10.0 Å². The van der Waals surface area contributed by atoms with Crippen LogP contribution in [0.5, 0.6) is 0 Å². The van der Waals surface area contributed by atoms with Crippen molar-refractivity contribution in [1.29, 1.82) is 5.26 Å². The van der Waals surface area contributed by atoms with Gasteiger partial charge in [0.1, 0.15) is 14.6 Å². The van der Waals surface area contributed by atoms with E-state index in [4.69, 9.17) is 16.9 Å². The van der Waals surface area contributed by atoms with Crippen molar-refractivity contribution < 1.29 is 8.42 Å². The third kappa shape index (κ3) is 3.27. The van der Waals surface area contributed by atoms with E-state index in [0.29, 0.717) is 40.8 Å². The highest BCUT2D eigenvalue weighted by molar-refractivity contribution is 9.10. The Bertz CT molecular complexity index is 884. The second-order valence-electron chi connectivity index (χ2n) is 4.92. The minimum absolute atomic E-state index is 0.213. The molecular formula is C13H11BrClN5O2S2. The molecule has 1 aliphatic heterocycles. The number of nitriles is 1. The van der Waals surface area contributed by atoms with E-state index >= 15 is 0 Å². The van der Waals surface area contributed by atoms with Crippen LogP contribution in [0.1, 0.15) is 5.69 Å². The molecule has 0 bridgehead atoms. The zero-order valence-electron chi connectivity index (χ0n) is 12.2. The second kappa shape index (κ2) is 6.93. The maximum absolute atomic E-state index is 12.7. The topological polar surface area (TPSA) is 90.2 Å². The van der Waals surface area contributed by atoms with Gasteiger partial charge in [-0.2, -0.15) is 9.57 Å². The van der Waals surface area contributed by atoms with Crippen LogP contribution in [0.2, 0.25) is 4.34 Å². The minimum Gasteiger partial charge on any atom is -0.352 e. The van der Waals surface area contributed by atoms with Crippen molar-refractivity contribution in [3.63, 3.8) is 0 Å². The third-order valence-corrected chi connectivity index (χ3v) is 8.36. The molecule has 11 heteroatoms. The summed E-state index contributed by atoms with van der Waals surface area (Å²) in [6.07, 6.45) is 2.98. The lowest BCUT2D eigenvalue weighted by Crippen LogP contribution is -2.49. The first-order valence-corrected chi connectivity index (χ1v) is 10.3.